The molecule has 0 spiro atoms. The number of hydrogen-bond acceptors (Lipinski definition) is 6. The van der Waals surface area contributed by atoms with Crippen molar-refractivity contribution in [1.29, 1.82) is 0 Å². The van der Waals surface area contributed by atoms with E-state index in [9.17, 15) is 9.59 Å². The van der Waals surface area contributed by atoms with Crippen LogP contribution in [0.5, 0.6) is 0 Å². The lowest BCUT2D eigenvalue weighted by Crippen LogP contribution is -2.35. The van der Waals surface area contributed by atoms with Crippen molar-refractivity contribution in [1.82, 2.24) is 0 Å². The molecule has 0 N–H and O–H groups in total. The standard InChI is InChI=1S/C16H20O2S2Si2.C14H20Br2S2Si2/c1-21(2,3)11-7-9-13(17)14(18)10-8-12(22(4,5)6)20-16(10)15(9)19-11;1-19(2,3)11-7-9(15)13(17-11)14-10(16)8-12(18-14)20(4,5)6/h7-8H,1-6H3;7-8H,1-6H3. The largest absolute Gasteiger partial charge is 0.285 e. The molecule has 0 bridgehead atoms. The van der Waals surface area contributed by atoms with E-state index >= 15 is 0 Å². The van der Waals surface area contributed by atoms with Crippen molar-refractivity contribution in [3.05, 3.63) is 44.3 Å². The Morgan fingerprint density at radius 3 is 0.905 bits per heavy atom. The molecule has 0 unspecified atom stereocenters. The van der Waals surface area contributed by atoms with Crippen molar-refractivity contribution in [2.45, 2.75) is 78.6 Å². The predicted molar refractivity (Wildman–Crippen MR) is 211 cm³/mol. The van der Waals surface area contributed by atoms with Gasteiger partial charge in [-0.05, 0) is 74.1 Å². The molecule has 0 aromatic carbocycles. The summed E-state index contributed by atoms with van der Waals surface area (Å²) in [6.45, 7) is 28.1. The first kappa shape index (κ1) is 34.8. The van der Waals surface area contributed by atoms with Gasteiger partial charge in [0.05, 0.1) is 51.8 Å². The van der Waals surface area contributed by atoms with Crippen LogP contribution in [0.2, 0.25) is 78.6 Å². The number of rotatable bonds is 5. The number of fused-ring (bicyclic) bond motifs is 3. The Bertz CT molecular complexity index is 1560. The van der Waals surface area contributed by atoms with E-state index in [4.69, 9.17) is 0 Å². The number of carbonyl (C=O) groups excluding carboxylic acids is 2. The molecule has 1 aliphatic rings. The van der Waals surface area contributed by atoms with Crippen LogP contribution in [0.3, 0.4) is 0 Å². The number of ketones is 2. The topological polar surface area (TPSA) is 34.1 Å². The summed E-state index contributed by atoms with van der Waals surface area (Å²) < 4.78 is 8.24. The Hall–Kier alpha value is -0.0325. The number of halogens is 2. The second-order valence-electron chi connectivity index (χ2n) is 14.9. The molecule has 4 aromatic rings. The minimum absolute atomic E-state index is 0.317. The van der Waals surface area contributed by atoms with Gasteiger partial charge in [0.2, 0.25) is 11.6 Å². The maximum atomic E-state index is 12.5. The zero-order chi connectivity index (χ0) is 31.7. The zero-order valence-electron chi connectivity index (χ0n) is 26.5. The van der Waals surface area contributed by atoms with E-state index < -0.39 is 32.3 Å². The van der Waals surface area contributed by atoms with Crippen LogP contribution in [0.15, 0.2) is 33.2 Å². The smallest absolute Gasteiger partial charge is 0.235 e. The van der Waals surface area contributed by atoms with Crippen molar-refractivity contribution < 1.29 is 9.59 Å². The third kappa shape index (κ3) is 7.18. The molecule has 4 heterocycles. The van der Waals surface area contributed by atoms with Crippen LogP contribution in [-0.2, 0) is 0 Å². The molecule has 0 radical (unpaired) electrons. The number of carbonyl (C=O) groups is 2. The summed E-state index contributed by atoms with van der Waals surface area (Å²) in [5.74, 6) is -0.633. The molecule has 0 fully saturated rings. The van der Waals surface area contributed by atoms with Crippen molar-refractivity contribution in [2.24, 2.45) is 0 Å². The Labute approximate surface area is 288 Å². The predicted octanol–water partition coefficient (Wildman–Crippen LogP) is 10.0. The highest BCUT2D eigenvalue weighted by atomic mass is 79.9. The first-order chi connectivity index (χ1) is 19.0. The third-order valence-corrected chi connectivity index (χ3v) is 27.9. The van der Waals surface area contributed by atoms with Gasteiger partial charge >= 0.3 is 0 Å². The maximum Gasteiger partial charge on any atom is 0.235 e. The lowest BCUT2D eigenvalue weighted by atomic mass is 9.96. The molecule has 5 rings (SSSR count). The quantitative estimate of drug-likeness (QED) is 0.148. The fourth-order valence-corrected chi connectivity index (χ4v) is 18.7. The van der Waals surface area contributed by atoms with Gasteiger partial charge in [-0.1, -0.05) is 78.6 Å². The van der Waals surface area contributed by atoms with Crippen molar-refractivity contribution in [3.63, 3.8) is 0 Å². The van der Waals surface area contributed by atoms with Crippen LogP contribution in [0.4, 0.5) is 0 Å². The minimum atomic E-state index is -1.48. The highest BCUT2D eigenvalue weighted by Gasteiger charge is 2.37. The molecular weight excluding hydrogens is 793 g/mol. The van der Waals surface area contributed by atoms with Crippen molar-refractivity contribution in [3.8, 4) is 19.5 Å². The van der Waals surface area contributed by atoms with Crippen LogP contribution in [0, 0.1) is 0 Å². The van der Waals surface area contributed by atoms with Crippen LogP contribution in [0.25, 0.3) is 19.5 Å². The number of thiophene rings is 4. The second kappa shape index (κ2) is 12.0. The highest BCUT2D eigenvalue weighted by Crippen LogP contribution is 2.42. The van der Waals surface area contributed by atoms with Gasteiger partial charge in [0.15, 0.2) is 0 Å². The zero-order valence-corrected chi connectivity index (χ0v) is 37.0. The Morgan fingerprint density at radius 2 is 0.667 bits per heavy atom. The molecule has 0 atom stereocenters. The second-order valence-corrected chi connectivity index (χ2v) is 42.5. The lowest BCUT2D eigenvalue weighted by molar-refractivity contribution is 0.0816. The van der Waals surface area contributed by atoms with Crippen molar-refractivity contribution in [2.75, 3.05) is 0 Å². The van der Waals surface area contributed by atoms with E-state index in [-0.39, 0.29) is 11.6 Å². The Kier molecular flexibility index (Phi) is 9.92. The number of Topliss-reactive ketones (excluding diaryl/α,β-unsaturated/α-hetero) is 2. The van der Waals surface area contributed by atoms with E-state index in [1.165, 1.54) is 27.7 Å². The average Bonchev–Trinajstić information content (AvgIpc) is 3.59. The normalized spacial score (nSPS) is 14.0. The minimum Gasteiger partial charge on any atom is -0.285 e. The summed E-state index contributed by atoms with van der Waals surface area (Å²) in [6.07, 6.45) is 0. The number of hydrogen-bond donors (Lipinski definition) is 0. The first-order valence-corrected chi connectivity index (χ1v) is 32.8. The van der Waals surface area contributed by atoms with Gasteiger partial charge in [-0.3, -0.25) is 9.59 Å². The van der Waals surface area contributed by atoms with E-state index in [1.54, 1.807) is 31.7 Å². The summed E-state index contributed by atoms with van der Waals surface area (Å²) in [5.41, 5.74) is 1.29. The van der Waals surface area contributed by atoms with Gasteiger partial charge < -0.3 is 0 Å². The van der Waals surface area contributed by atoms with Gasteiger partial charge in [-0.25, -0.2) is 0 Å². The van der Waals surface area contributed by atoms with E-state index in [0.717, 1.165) is 9.75 Å². The van der Waals surface area contributed by atoms with Gasteiger partial charge in [0.1, 0.15) is 0 Å². The molecule has 226 valence electrons. The Balaban J connectivity index is 0.000000194. The monoisotopic (exact) mass is 830 g/mol. The van der Waals surface area contributed by atoms with E-state index in [1.807, 2.05) is 34.8 Å². The molecule has 0 saturated heterocycles. The molecule has 1 aliphatic carbocycles. The van der Waals surface area contributed by atoms with Gasteiger partial charge in [0, 0.05) is 20.1 Å². The summed E-state index contributed by atoms with van der Waals surface area (Å²) in [5, 5.41) is 0. The Morgan fingerprint density at radius 1 is 0.429 bits per heavy atom. The van der Waals surface area contributed by atoms with Gasteiger partial charge in [-0.15, -0.1) is 45.3 Å². The molecular formula is C30H40Br2O2S4Si4. The molecule has 0 saturated carbocycles. The van der Waals surface area contributed by atoms with Crippen molar-refractivity contribution >= 4 is 139 Å². The lowest BCUT2D eigenvalue weighted by Gasteiger charge is -2.12. The third-order valence-electron chi connectivity index (χ3n) is 6.90. The fourth-order valence-electron chi connectivity index (χ4n) is 4.23. The van der Waals surface area contributed by atoms with Gasteiger partial charge in [0.25, 0.3) is 0 Å². The molecule has 42 heavy (non-hydrogen) atoms. The highest BCUT2D eigenvalue weighted by molar-refractivity contribution is 9.11. The summed E-state index contributed by atoms with van der Waals surface area (Å²) in [6, 6.07) is 8.66. The first-order valence-electron chi connectivity index (χ1n) is 14.0. The fraction of sp³-hybridized carbons (Fsp3) is 0.400. The molecule has 4 aromatic heterocycles. The van der Waals surface area contributed by atoms with E-state index in [0.29, 0.717) is 11.1 Å². The molecule has 12 heteroatoms. The van der Waals surface area contributed by atoms with E-state index in [2.05, 4.69) is 123 Å². The summed E-state index contributed by atoms with van der Waals surface area (Å²) in [4.78, 5) is 29.8. The van der Waals surface area contributed by atoms with Crippen LogP contribution in [0.1, 0.15) is 20.7 Å². The molecule has 0 aliphatic heterocycles. The van der Waals surface area contributed by atoms with Crippen LogP contribution >= 0.6 is 77.2 Å². The summed E-state index contributed by atoms with van der Waals surface area (Å²) >= 11 is 14.9. The van der Waals surface area contributed by atoms with Gasteiger partial charge in [-0.2, -0.15) is 0 Å². The SMILES string of the molecule is C[Si](C)(C)c1cc(Br)c(-c2sc([Si](C)(C)C)cc2Br)s1.C[Si](C)(C)c1cc2c(s1)-c1sc([Si](C)(C)C)cc1C(=O)C2=O. The molecule has 0 amide bonds. The average molecular weight is 833 g/mol. The van der Waals surface area contributed by atoms with Crippen LogP contribution < -0.4 is 18.0 Å². The summed E-state index contributed by atoms with van der Waals surface area (Å²) in [7, 11) is -5.44. The molecule has 2 nitrogen and oxygen atoms in total. The maximum absolute atomic E-state index is 12.5. The van der Waals surface area contributed by atoms with Crippen LogP contribution in [-0.4, -0.2) is 43.9 Å².